The summed E-state index contributed by atoms with van der Waals surface area (Å²) in [4.78, 5) is 20.0. The molecule has 1 atom stereocenters. The third-order valence-electron chi connectivity index (χ3n) is 0.319. The van der Waals surface area contributed by atoms with Gasteiger partial charge in [0.1, 0.15) is 0 Å². The van der Waals surface area contributed by atoms with Crippen LogP contribution in [0.4, 0.5) is 0 Å². The lowest BCUT2D eigenvalue weighted by Crippen LogP contribution is -2.00. The molecule has 0 saturated carbocycles. The lowest BCUT2D eigenvalue weighted by molar-refractivity contribution is -0.143. The van der Waals surface area contributed by atoms with E-state index >= 15 is 0 Å². The Hall–Kier alpha value is -1.06. The summed E-state index contributed by atoms with van der Waals surface area (Å²) in [6.07, 6.45) is -5.33. The van der Waals surface area contributed by atoms with Gasteiger partial charge in [-0.2, -0.15) is 0 Å². The van der Waals surface area contributed by atoms with Gasteiger partial charge >= 0.3 is 11.9 Å². The molecule has 1 unspecified atom stereocenters. The molecule has 0 spiro atoms. The third-order valence-corrected chi connectivity index (χ3v) is 0.319. The number of hydrogen-bond donors (Lipinski definition) is 2. The van der Waals surface area contributed by atoms with Crippen molar-refractivity contribution in [1.82, 2.24) is 0 Å². The van der Waals surface area contributed by atoms with Crippen LogP contribution in [0.3, 0.4) is 0 Å². The predicted molar refractivity (Wildman–Crippen MR) is 24.5 cm³/mol. The van der Waals surface area contributed by atoms with Crippen molar-refractivity contribution < 1.29 is 23.9 Å². The van der Waals surface area contributed by atoms with E-state index in [0.717, 1.165) is 0 Å². The summed E-state index contributed by atoms with van der Waals surface area (Å²) < 4.78 is 19.8. The fourth-order valence-corrected chi connectivity index (χ4v) is 0.123. The topological polar surface area (TPSA) is 74.6 Å². The Bertz CT molecular complexity index is 190. The SMILES string of the molecule is [2H]C(C(=O)O)C([2H])([2H])C(=O)O. The zero-order chi connectivity index (χ0) is 9.23. The Morgan fingerprint density at radius 1 is 1.38 bits per heavy atom. The van der Waals surface area contributed by atoms with Gasteiger partial charge in [0, 0.05) is 4.11 Å². The highest BCUT2D eigenvalue weighted by Crippen LogP contribution is 1.85. The summed E-state index contributed by atoms with van der Waals surface area (Å²) in [5.41, 5.74) is 0. The first-order chi connectivity index (χ1) is 4.80. The summed E-state index contributed by atoms with van der Waals surface area (Å²) in [7, 11) is 0. The van der Waals surface area contributed by atoms with Gasteiger partial charge in [-0.3, -0.25) is 9.59 Å². The number of carbonyl (C=O) groups is 2. The van der Waals surface area contributed by atoms with Crippen LogP contribution in [0.15, 0.2) is 0 Å². The van der Waals surface area contributed by atoms with Crippen LogP contribution < -0.4 is 0 Å². The van der Waals surface area contributed by atoms with Crippen molar-refractivity contribution in [2.24, 2.45) is 0 Å². The molecule has 8 heavy (non-hydrogen) atoms. The maximum absolute atomic E-state index is 10.0. The average molecular weight is 121 g/mol. The molecule has 0 rings (SSSR count). The van der Waals surface area contributed by atoms with Crippen LogP contribution in [0, 0.1) is 0 Å². The zero-order valence-electron chi connectivity index (χ0n) is 6.79. The molecule has 2 N–H and O–H groups in total. The molecule has 0 radical (unpaired) electrons. The van der Waals surface area contributed by atoms with Gasteiger partial charge in [0.25, 0.3) is 0 Å². The minimum Gasteiger partial charge on any atom is -0.481 e. The van der Waals surface area contributed by atoms with Crippen molar-refractivity contribution in [2.45, 2.75) is 12.8 Å². The monoisotopic (exact) mass is 121 g/mol. The molecule has 0 amide bonds. The first-order valence-electron chi connectivity index (χ1n) is 3.26. The maximum atomic E-state index is 10.0. The number of carboxylic acids is 2. The Morgan fingerprint density at radius 2 is 1.88 bits per heavy atom. The van der Waals surface area contributed by atoms with Crippen molar-refractivity contribution in [3.63, 3.8) is 0 Å². The van der Waals surface area contributed by atoms with Crippen LogP contribution in [-0.4, -0.2) is 22.2 Å². The van der Waals surface area contributed by atoms with Gasteiger partial charge in [-0.25, -0.2) is 0 Å². The van der Waals surface area contributed by atoms with Crippen molar-refractivity contribution in [2.75, 3.05) is 0 Å². The molecule has 0 bridgehead atoms. The highest BCUT2D eigenvalue weighted by atomic mass is 16.4. The van der Waals surface area contributed by atoms with Gasteiger partial charge in [0.05, 0.1) is 12.8 Å². The van der Waals surface area contributed by atoms with Gasteiger partial charge in [-0.15, -0.1) is 0 Å². The van der Waals surface area contributed by atoms with E-state index in [1.807, 2.05) is 0 Å². The van der Waals surface area contributed by atoms with Crippen LogP contribution in [0.2, 0.25) is 0 Å². The van der Waals surface area contributed by atoms with E-state index in [1.165, 1.54) is 0 Å². The molecule has 46 valence electrons. The summed E-state index contributed by atoms with van der Waals surface area (Å²) in [5.74, 6) is -3.74. The molecule has 0 saturated heterocycles. The lowest BCUT2D eigenvalue weighted by atomic mass is 10.3. The zero-order valence-corrected chi connectivity index (χ0v) is 3.79. The standard InChI is InChI=1S/C4H6O4/c5-3(6)1-2-4(7)8/h1-2H2,(H,5,6)(H,7,8)/i1D,2D2. The van der Waals surface area contributed by atoms with Crippen molar-refractivity contribution >= 4 is 11.9 Å². The second-order valence-corrected chi connectivity index (χ2v) is 0.932. The largest absolute Gasteiger partial charge is 0.481 e. The molecule has 0 aromatic carbocycles. The third kappa shape index (κ3) is 4.94. The van der Waals surface area contributed by atoms with Crippen LogP contribution >= 0.6 is 0 Å². The first kappa shape index (κ1) is 3.06. The average Bonchev–Trinajstić information content (AvgIpc) is 1.85. The number of aliphatic carboxylic acids is 2. The number of rotatable bonds is 3. The molecule has 0 fully saturated rings. The van der Waals surface area contributed by atoms with Gasteiger partial charge in [0.2, 0.25) is 0 Å². The van der Waals surface area contributed by atoms with E-state index in [0.29, 0.717) is 0 Å². The Balaban J connectivity index is 4.55. The summed E-state index contributed by atoms with van der Waals surface area (Å²) in [6.45, 7) is 0. The maximum Gasteiger partial charge on any atom is 0.303 e. The van der Waals surface area contributed by atoms with Gasteiger partial charge in [-0.05, 0) is 0 Å². The molecule has 0 heterocycles. The first-order valence-corrected chi connectivity index (χ1v) is 1.68. The second-order valence-electron chi connectivity index (χ2n) is 0.932. The minimum atomic E-state index is -3.04. The van der Waals surface area contributed by atoms with E-state index in [4.69, 9.17) is 14.3 Å². The number of hydrogen-bond acceptors (Lipinski definition) is 2. The summed E-state index contributed by atoms with van der Waals surface area (Å²) in [6, 6.07) is 0. The van der Waals surface area contributed by atoms with E-state index in [-0.39, 0.29) is 0 Å². The quantitative estimate of drug-likeness (QED) is 0.548. The van der Waals surface area contributed by atoms with E-state index in [2.05, 4.69) is 0 Å². The number of carboxylic acid groups (broad SMARTS) is 2. The smallest absolute Gasteiger partial charge is 0.303 e. The highest BCUT2D eigenvalue weighted by Gasteiger charge is 2.00. The van der Waals surface area contributed by atoms with Crippen LogP contribution in [0.5, 0.6) is 0 Å². The fourth-order valence-electron chi connectivity index (χ4n) is 0.123. The van der Waals surface area contributed by atoms with Crippen LogP contribution in [0.25, 0.3) is 0 Å². The Morgan fingerprint density at radius 3 is 2.00 bits per heavy atom. The molecule has 4 heteroatoms. The molecule has 4 nitrogen and oxygen atoms in total. The van der Waals surface area contributed by atoms with Crippen molar-refractivity contribution in [3.8, 4) is 0 Å². The van der Waals surface area contributed by atoms with E-state index < -0.39 is 24.7 Å². The predicted octanol–water partition coefficient (Wildman–Crippen LogP) is -0.0642. The Labute approximate surface area is 50.0 Å². The fraction of sp³-hybridized carbons (Fsp3) is 0.500. The highest BCUT2D eigenvalue weighted by molar-refractivity contribution is 5.75. The van der Waals surface area contributed by atoms with E-state index in [9.17, 15) is 9.59 Å². The molecular formula is C4H6O4. The van der Waals surface area contributed by atoms with Crippen LogP contribution in [-0.2, 0) is 9.59 Å². The second kappa shape index (κ2) is 3.01. The summed E-state index contributed by atoms with van der Waals surface area (Å²) in [5, 5.41) is 16.2. The molecule has 0 aliphatic heterocycles. The van der Waals surface area contributed by atoms with E-state index in [1.54, 1.807) is 0 Å². The molecule has 0 aromatic heterocycles. The normalized spacial score (nSPS) is 19.8. The molecule has 0 aliphatic rings. The minimum absolute atomic E-state index is 1.79. The molecule has 0 aliphatic carbocycles. The van der Waals surface area contributed by atoms with Crippen molar-refractivity contribution in [3.05, 3.63) is 0 Å². The van der Waals surface area contributed by atoms with Crippen molar-refractivity contribution in [1.29, 1.82) is 0 Å². The lowest BCUT2D eigenvalue weighted by Gasteiger charge is -1.85. The van der Waals surface area contributed by atoms with Crippen LogP contribution in [0.1, 0.15) is 16.9 Å². The molecular weight excluding hydrogens is 112 g/mol. The summed E-state index contributed by atoms with van der Waals surface area (Å²) >= 11 is 0. The van der Waals surface area contributed by atoms with Gasteiger partial charge < -0.3 is 10.2 Å². The molecule has 0 aromatic rings. The van der Waals surface area contributed by atoms with Gasteiger partial charge in [0.15, 0.2) is 0 Å². The Kier molecular flexibility index (Phi) is 1.15. The van der Waals surface area contributed by atoms with Gasteiger partial charge in [-0.1, -0.05) is 0 Å².